The van der Waals surface area contributed by atoms with Gasteiger partial charge in [-0.3, -0.25) is 0 Å². The first-order valence-electron chi connectivity index (χ1n) is 6.72. The smallest absolute Gasteiger partial charge is 0.0645 e. The fourth-order valence-corrected chi connectivity index (χ4v) is 2.20. The summed E-state index contributed by atoms with van der Waals surface area (Å²) < 4.78 is 7.68. The molecule has 0 saturated carbocycles. The van der Waals surface area contributed by atoms with Crippen molar-refractivity contribution in [1.29, 1.82) is 0 Å². The second kappa shape index (κ2) is 6.57. The molecule has 0 aliphatic heterocycles. The molecule has 3 nitrogen and oxygen atoms in total. The number of benzene rings is 1. The molecule has 2 rings (SSSR count). The minimum Gasteiger partial charge on any atom is -0.380 e. The van der Waals surface area contributed by atoms with Gasteiger partial charge in [0.25, 0.3) is 0 Å². The third-order valence-electron chi connectivity index (χ3n) is 3.15. The van der Waals surface area contributed by atoms with Crippen LogP contribution < -0.4 is 5.32 Å². The summed E-state index contributed by atoms with van der Waals surface area (Å²) in [6, 6.07) is 8.70. The highest BCUT2D eigenvalue weighted by atomic mass is 16.5. The van der Waals surface area contributed by atoms with Gasteiger partial charge >= 0.3 is 0 Å². The van der Waals surface area contributed by atoms with Crippen molar-refractivity contribution < 1.29 is 4.74 Å². The fourth-order valence-electron chi connectivity index (χ4n) is 2.20. The van der Waals surface area contributed by atoms with Crippen molar-refractivity contribution >= 4 is 10.9 Å². The van der Waals surface area contributed by atoms with Gasteiger partial charge in [-0.05, 0) is 31.2 Å². The molecule has 98 valence electrons. The maximum Gasteiger partial charge on any atom is 0.0645 e. The Hall–Kier alpha value is -1.32. The summed E-state index contributed by atoms with van der Waals surface area (Å²) in [4.78, 5) is 0. The average molecular weight is 246 g/mol. The standard InChI is InChI=1S/C15H22N2O/c1-3-16-12-13-6-5-7-15-14(13)8-9-17(15)10-11-18-4-2/h5-9,16H,3-4,10-12H2,1-2H3. The number of nitrogens with one attached hydrogen (secondary N) is 1. The molecular formula is C15H22N2O. The van der Waals surface area contributed by atoms with E-state index >= 15 is 0 Å². The molecule has 18 heavy (non-hydrogen) atoms. The molecule has 0 aliphatic rings. The Balaban J connectivity index is 2.19. The van der Waals surface area contributed by atoms with Crippen molar-refractivity contribution in [1.82, 2.24) is 9.88 Å². The topological polar surface area (TPSA) is 26.2 Å². The molecule has 0 bridgehead atoms. The predicted molar refractivity (Wildman–Crippen MR) is 75.8 cm³/mol. The zero-order chi connectivity index (χ0) is 12.8. The van der Waals surface area contributed by atoms with Gasteiger partial charge in [-0.1, -0.05) is 19.1 Å². The largest absolute Gasteiger partial charge is 0.380 e. The van der Waals surface area contributed by atoms with E-state index in [1.165, 1.54) is 16.5 Å². The molecule has 0 fully saturated rings. The summed E-state index contributed by atoms with van der Waals surface area (Å²) in [5.74, 6) is 0. The highest BCUT2D eigenvalue weighted by Crippen LogP contribution is 2.20. The lowest BCUT2D eigenvalue weighted by Crippen LogP contribution is -2.11. The third kappa shape index (κ3) is 2.92. The van der Waals surface area contributed by atoms with E-state index in [0.29, 0.717) is 0 Å². The number of aromatic nitrogens is 1. The molecule has 1 heterocycles. The van der Waals surface area contributed by atoms with Crippen LogP contribution in [-0.2, 0) is 17.8 Å². The van der Waals surface area contributed by atoms with Crippen LogP contribution in [0.4, 0.5) is 0 Å². The normalized spacial score (nSPS) is 11.2. The summed E-state index contributed by atoms with van der Waals surface area (Å²) in [6.45, 7) is 8.57. The molecule has 1 aromatic carbocycles. The molecule has 0 aliphatic carbocycles. The van der Waals surface area contributed by atoms with Crippen molar-refractivity contribution in [2.45, 2.75) is 26.9 Å². The van der Waals surface area contributed by atoms with Gasteiger partial charge in [0.05, 0.1) is 6.61 Å². The molecule has 1 N–H and O–H groups in total. The molecule has 0 spiro atoms. The van der Waals surface area contributed by atoms with Crippen LogP contribution in [0.1, 0.15) is 19.4 Å². The fraction of sp³-hybridized carbons (Fsp3) is 0.467. The number of fused-ring (bicyclic) bond motifs is 1. The van der Waals surface area contributed by atoms with Crippen LogP contribution in [0.15, 0.2) is 30.5 Å². The highest BCUT2D eigenvalue weighted by molar-refractivity contribution is 5.83. The van der Waals surface area contributed by atoms with Gasteiger partial charge in [-0.2, -0.15) is 0 Å². The van der Waals surface area contributed by atoms with Crippen LogP contribution in [-0.4, -0.2) is 24.3 Å². The van der Waals surface area contributed by atoms with E-state index in [1.807, 2.05) is 6.92 Å². The maximum absolute atomic E-state index is 5.42. The van der Waals surface area contributed by atoms with Gasteiger partial charge in [0.1, 0.15) is 0 Å². The predicted octanol–water partition coefficient (Wildman–Crippen LogP) is 2.79. The molecule has 0 saturated heterocycles. The molecule has 1 aromatic heterocycles. The molecule has 3 heteroatoms. The second-order valence-corrected chi connectivity index (χ2v) is 4.34. The highest BCUT2D eigenvalue weighted by Gasteiger charge is 2.04. The van der Waals surface area contributed by atoms with E-state index in [4.69, 9.17) is 4.74 Å². The minimum atomic E-state index is 0.776. The number of rotatable bonds is 7. The Labute approximate surface area is 109 Å². The number of hydrogen-bond acceptors (Lipinski definition) is 2. The summed E-state index contributed by atoms with van der Waals surface area (Å²) in [6.07, 6.45) is 2.15. The lowest BCUT2D eigenvalue weighted by molar-refractivity contribution is 0.140. The molecule has 0 amide bonds. The summed E-state index contributed by atoms with van der Waals surface area (Å²) in [7, 11) is 0. The van der Waals surface area contributed by atoms with Crippen molar-refractivity contribution in [2.75, 3.05) is 19.8 Å². The lowest BCUT2D eigenvalue weighted by atomic mass is 10.1. The maximum atomic E-state index is 5.42. The van der Waals surface area contributed by atoms with Crippen LogP contribution in [0.25, 0.3) is 10.9 Å². The Bertz CT molecular complexity index is 490. The van der Waals surface area contributed by atoms with Gasteiger partial charge in [0.15, 0.2) is 0 Å². The van der Waals surface area contributed by atoms with Gasteiger partial charge in [-0.15, -0.1) is 0 Å². The van der Waals surface area contributed by atoms with E-state index in [2.05, 4.69) is 47.3 Å². The minimum absolute atomic E-state index is 0.776. The molecular weight excluding hydrogens is 224 g/mol. The van der Waals surface area contributed by atoms with Crippen LogP contribution in [0.5, 0.6) is 0 Å². The summed E-state index contributed by atoms with van der Waals surface area (Å²) in [5, 5.41) is 4.73. The van der Waals surface area contributed by atoms with Crippen LogP contribution in [0, 0.1) is 0 Å². The van der Waals surface area contributed by atoms with E-state index in [1.54, 1.807) is 0 Å². The Morgan fingerprint density at radius 3 is 2.89 bits per heavy atom. The van der Waals surface area contributed by atoms with Crippen LogP contribution >= 0.6 is 0 Å². The Morgan fingerprint density at radius 2 is 2.11 bits per heavy atom. The van der Waals surface area contributed by atoms with Crippen molar-refractivity contribution in [2.24, 2.45) is 0 Å². The van der Waals surface area contributed by atoms with E-state index in [0.717, 1.165) is 32.8 Å². The van der Waals surface area contributed by atoms with E-state index in [-0.39, 0.29) is 0 Å². The van der Waals surface area contributed by atoms with E-state index < -0.39 is 0 Å². The molecule has 0 radical (unpaired) electrons. The van der Waals surface area contributed by atoms with Crippen molar-refractivity contribution in [3.63, 3.8) is 0 Å². The summed E-state index contributed by atoms with van der Waals surface area (Å²) >= 11 is 0. The van der Waals surface area contributed by atoms with Gasteiger partial charge in [0.2, 0.25) is 0 Å². The third-order valence-corrected chi connectivity index (χ3v) is 3.15. The molecule has 2 aromatic rings. The van der Waals surface area contributed by atoms with E-state index in [9.17, 15) is 0 Å². The zero-order valence-electron chi connectivity index (χ0n) is 11.3. The number of nitrogens with zero attached hydrogens (tertiary/aromatic N) is 1. The van der Waals surface area contributed by atoms with Gasteiger partial charge in [-0.25, -0.2) is 0 Å². The monoisotopic (exact) mass is 246 g/mol. The van der Waals surface area contributed by atoms with Crippen LogP contribution in [0.3, 0.4) is 0 Å². The number of hydrogen-bond donors (Lipinski definition) is 1. The van der Waals surface area contributed by atoms with Gasteiger partial charge in [0, 0.05) is 36.8 Å². The first-order chi connectivity index (χ1) is 8.86. The zero-order valence-corrected chi connectivity index (χ0v) is 11.3. The SMILES string of the molecule is CCNCc1cccc2c1ccn2CCOCC. The van der Waals surface area contributed by atoms with Crippen molar-refractivity contribution in [3.8, 4) is 0 Å². The van der Waals surface area contributed by atoms with Gasteiger partial charge < -0.3 is 14.6 Å². The first-order valence-corrected chi connectivity index (χ1v) is 6.72. The molecule has 0 unspecified atom stereocenters. The first kappa shape index (κ1) is 13.1. The summed E-state index contributed by atoms with van der Waals surface area (Å²) in [5.41, 5.74) is 2.66. The molecule has 0 atom stereocenters. The quantitative estimate of drug-likeness (QED) is 0.760. The lowest BCUT2D eigenvalue weighted by Gasteiger charge is -2.07. The Kier molecular flexibility index (Phi) is 4.79. The second-order valence-electron chi connectivity index (χ2n) is 4.34. The average Bonchev–Trinajstić information content (AvgIpc) is 2.81. The van der Waals surface area contributed by atoms with Crippen LogP contribution in [0.2, 0.25) is 0 Å². The number of ether oxygens (including phenoxy) is 1. The Morgan fingerprint density at radius 1 is 1.22 bits per heavy atom. The van der Waals surface area contributed by atoms with Crippen molar-refractivity contribution in [3.05, 3.63) is 36.0 Å².